The fraction of sp³-hybridized carbons (Fsp3) is 0.529. The van der Waals surface area contributed by atoms with Gasteiger partial charge in [-0.15, -0.1) is 0 Å². The van der Waals surface area contributed by atoms with Gasteiger partial charge in [0.05, 0.1) is 12.7 Å². The minimum Gasteiger partial charge on any atom is -0.375 e. The average Bonchev–Trinajstić information content (AvgIpc) is 2.89. The molecule has 0 N–H and O–H groups in total. The number of morpholine rings is 1. The highest BCUT2D eigenvalue weighted by Gasteiger charge is 2.38. The van der Waals surface area contributed by atoms with E-state index in [1.54, 1.807) is 4.90 Å². The number of amides is 2. The van der Waals surface area contributed by atoms with Crippen molar-refractivity contribution in [2.45, 2.75) is 38.5 Å². The van der Waals surface area contributed by atoms with Gasteiger partial charge in [-0.2, -0.15) is 0 Å². The van der Waals surface area contributed by atoms with Crippen molar-refractivity contribution >= 4 is 11.8 Å². The number of rotatable bonds is 3. The molecule has 0 radical (unpaired) electrons. The van der Waals surface area contributed by atoms with Crippen molar-refractivity contribution < 1.29 is 14.3 Å². The van der Waals surface area contributed by atoms with E-state index < -0.39 is 0 Å². The highest BCUT2D eigenvalue weighted by atomic mass is 16.5. The van der Waals surface area contributed by atoms with Gasteiger partial charge in [0, 0.05) is 26.1 Å². The molecule has 0 bridgehead atoms. The predicted octanol–water partition coefficient (Wildman–Crippen LogP) is 1.42. The smallest absolute Gasteiger partial charge is 0.245 e. The fourth-order valence-electron chi connectivity index (χ4n) is 3.20. The van der Waals surface area contributed by atoms with Gasteiger partial charge in [-0.05, 0) is 18.9 Å². The molecule has 1 aromatic rings. The van der Waals surface area contributed by atoms with Crippen LogP contribution in [0.2, 0.25) is 0 Å². The first kappa shape index (κ1) is 15.0. The Bertz CT molecular complexity index is 546. The molecule has 5 nitrogen and oxygen atoms in total. The van der Waals surface area contributed by atoms with Gasteiger partial charge in [-0.25, -0.2) is 0 Å². The van der Waals surface area contributed by atoms with Crippen LogP contribution in [0.4, 0.5) is 0 Å². The van der Waals surface area contributed by atoms with Gasteiger partial charge in [0.2, 0.25) is 11.8 Å². The van der Waals surface area contributed by atoms with Crippen LogP contribution < -0.4 is 0 Å². The van der Waals surface area contributed by atoms with Gasteiger partial charge in [0.15, 0.2) is 0 Å². The summed E-state index contributed by atoms with van der Waals surface area (Å²) in [5, 5.41) is 0. The van der Waals surface area contributed by atoms with Crippen molar-refractivity contribution in [2.75, 3.05) is 19.7 Å². The van der Waals surface area contributed by atoms with Crippen LogP contribution >= 0.6 is 0 Å². The molecule has 2 fully saturated rings. The lowest BCUT2D eigenvalue weighted by Crippen LogP contribution is -2.51. The van der Waals surface area contributed by atoms with E-state index in [1.807, 2.05) is 42.2 Å². The Kier molecular flexibility index (Phi) is 4.43. The molecule has 2 atom stereocenters. The molecule has 2 aliphatic heterocycles. The normalized spacial score (nSPS) is 25.6. The zero-order valence-electron chi connectivity index (χ0n) is 12.9. The standard InChI is InChI=1S/C17H22N2O3/c1-13-11-18(9-10-22-13)17(21)15-7-8-16(20)19(15)12-14-5-3-2-4-6-14/h2-6,13,15H,7-12H2,1H3. The van der Waals surface area contributed by atoms with E-state index in [-0.39, 0.29) is 24.0 Å². The minimum absolute atomic E-state index is 0.0666. The van der Waals surface area contributed by atoms with Crippen molar-refractivity contribution in [3.63, 3.8) is 0 Å². The van der Waals surface area contributed by atoms with E-state index in [1.165, 1.54) is 0 Å². The molecule has 2 heterocycles. The number of hydrogen-bond donors (Lipinski definition) is 0. The molecule has 2 unspecified atom stereocenters. The van der Waals surface area contributed by atoms with Crippen LogP contribution in [0.1, 0.15) is 25.3 Å². The second kappa shape index (κ2) is 6.48. The van der Waals surface area contributed by atoms with Crippen LogP contribution in [0.15, 0.2) is 30.3 Å². The third-order valence-electron chi connectivity index (χ3n) is 4.36. The molecule has 22 heavy (non-hydrogen) atoms. The zero-order valence-corrected chi connectivity index (χ0v) is 12.9. The average molecular weight is 302 g/mol. The second-order valence-corrected chi connectivity index (χ2v) is 6.03. The fourth-order valence-corrected chi connectivity index (χ4v) is 3.20. The minimum atomic E-state index is -0.321. The Balaban J connectivity index is 1.71. The van der Waals surface area contributed by atoms with E-state index in [4.69, 9.17) is 4.74 Å². The molecule has 1 aromatic carbocycles. The summed E-state index contributed by atoms with van der Waals surface area (Å²) in [5.74, 6) is 0.139. The summed E-state index contributed by atoms with van der Waals surface area (Å²) in [7, 11) is 0. The third kappa shape index (κ3) is 3.14. The lowest BCUT2D eigenvalue weighted by atomic mass is 10.1. The molecule has 118 valence electrons. The number of likely N-dealkylation sites (tertiary alicyclic amines) is 1. The maximum absolute atomic E-state index is 12.8. The van der Waals surface area contributed by atoms with Crippen LogP contribution in [-0.4, -0.2) is 53.5 Å². The number of ether oxygens (including phenoxy) is 1. The van der Waals surface area contributed by atoms with Crippen LogP contribution in [0.25, 0.3) is 0 Å². The van der Waals surface area contributed by atoms with E-state index in [9.17, 15) is 9.59 Å². The summed E-state index contributed by atoms with van der Waals surface area (Å²) in [4.78, 5) is 28.5. The Morgan fingerprint density at radius 1 is 1.32 bits per heavy atom. The first-order chi connectivity index (χ1) is 10.6. The monoisotopic (exact) mass is 302 g/mol. The molecule has 0 saturated carbocycles. The summed E-state index contributed by atoms with van der Waals surface area (Å²) in [5.41, 5.74) is 1.06. The SMILES string of the molecule is CC1CN(C(=O)C2CCC(=O)N2Cc2ccccc2)CCO1. The van der Waals surface area contributed by atoms with E-state index in [0.717, 1.165) is 5.56 Å². The van der Waals surface area contributed by atoms with Gasteiger partial charge in [-0.3, -0.25) is 9.59 Å². The van der Waals surface area contributed by atoms with E-state index >= 15 is 0 Å². The summed E-state index contributed by atoms with van der Waals surface area (Å²) >= 11 is 0. The lowest BCUT2D eigenvalue weighted by Gasteiger charge is -2.35. The highest BCUT2D eigenvalue weighted by molar-refractivity contribution is 5.91. The molecule has 0 aromatic heterocycles. The van der Waals surface area contributed by atoms with Crippen LogP contribution in [0, 0.1) is 0 Å². The largest absolute Gasteiger partial charge is 0.375 e. The predicted molar refractivity (Wildman–Crippen MR) is 82.0 cm³/mol. The Labute approximate surface area is 130 Å². The number of nitrogens with zero attached hydrogens (tertiary/aromatic N) is 2. The van der Waals surface area contributed by atoms with E-state index in [2.05, 4.69) is 0 Å². The van der Waals surface area contributed by atoms with Crippen molar-refractivity contribution in [3.05, 3.63) is 35.9 Å². The Morgan fingerprint density at radius 2 is 2.09 bits per heavy atom. The summed E-state index contributed by atoms with van der Waals surface area (Å²) < 4.78 is 5.49. The van der Waals surface area contributed by atoms with Gasteiger partial charge < -0.3 is 14.5 Å². The lowest BCUT2D eigenvalue weighted by molar-refractivity contribution is -0.146. The molecule has 2 saturated heterocycles. The van der Waals surface area contributed by atoms with Crippen molar-refractivity contribution in [1.82, 2.24) is 9.80 Å². The maximum atomic E-state index is 12.8. The molecule has 3 rings (SSSR count). The third-order valence-corrected chi connectivity index (χ3v) is 4.36. The van der Waals surface area contributed by atoms with Gasteiger partial charge in [0.25, 0.3) is 0 Å². The molecule has 2 amide bonds. The number of hydrogen-bond acceptors (Lipinski definition) is 3. The first-order valence-electron chi connectivity index (χ1n) is 7.89. The van der Waals surface area contributed by atoms with Gasteiger partial charge in [-0.1, -0.05) is 30.3 Å². The van der Waals surface area contributed by atoms with Gasteiger partial charge in [0.1, 0.15) is 6.04 Å². The van der Waals surface area contributed by atoms with E-state index in [0.29, 0.717) is 39.1 Å². The zero-order chi connectivity index (χ0) is 15.5. The van der Waals surface area contributed by atoms with Crippen LogP contribution in [0.5, 0.6) is 0 Å². The van der Waals surface area contributed by atoms with Crippen LogP contribution in [-0.2, 0) is 20.9 Å². The quantitative estimate of drug-likeness (QED) is 0.848. The summed E-state index contributed by atoms with van der Waals surface area (Å²) in [6, 6.07) is 9.52. The maximum Gasteiger partial charge on any atom is 0.245 e. The Morgan fingerprint density at radius 3 is 2.82 bits per heavy atom. The van der Waals surface area contributed by atoms with Crippen molar-refractivity contribution in [1.29, 1.82) is 0 Å². The number of benzene rings is 1. The molecule has 5 heteroatoms. The summed E-state index contributed by atoms with van der Waals surface area (Å²) in [6.45, 7) is 4.29. The highest BCUT2D eigenvalue weighted by Crippen LogP contribution is 2.24. The second-order valence-electron chi connectivity index (χ2n) is 6.03. The van der Waals surface area contributed by atoms with Crippen LogP contribution in [0.3, 0.4) is 0 Å². The summed E-state index contributed by atoms with van der Waals surface area (Å²) in [6.07, 6.45) is 1.15. The Hall–Kier alpha value is -1.88. The van der Waals surface area contributed by atoms with Crippen molar-refractivity contribution in [2.24, 2.45) is 0 Å². The molecule has 2 aliphatic rings. The van der Waals surface area contributed by atoms with Gasteiger partial charge >= 0.3 is 0 Å². The van der Waals surface area contributed by atoms with Crippen molar-refractivity contribution in [3.8, 4) is 0 Å². The molecule has 0 aliphatic carbocycles. The first-order valence-corrected chi connectivity index (χ1v) is 7.89. The number of carbonyl (C=O) groups excluding carboxylic acids is 2. The molecular weight excluding hydrogens is 280 g/mol. The topological polar surface area (TPSA) is 49.9 Å². The number of carbonyl (C=O) groups is 2. The molecule has 0 spiro atoms. The molecular formula is C17H22N2O3.